The van der Waals surface area contributed by atoms with Gasteiger partial charge in [-0.3, -0.25) is 0 Å². The Hall–Kier alpha value is -1.57. The summed E-state index contributed by atoms with van der Waals surface area (Å²) < 4.78 is 31.6. The van der Waals surface area contributed by atoms with Crippen LogP contribution in [0.15, 0.2) is 40.6 Å². The number of sulfonamides is 1. The smallest absolute Gasteiger partial charge is 0.244 e. The number of nitrogens with one attached hydrogen (secondary N) is 1. The van der Waals surface area contributed by atoms with Gasteiger partial charge in [-0.1, -0.05) is 6.07 Å². The highest BCUT2D eigenvalue weighted by atomic mass is 32.2. The molecule has 19 heavy (non-hydrogen) atoms. The van der Waals surface area contributed by atoms with E-state index in [0.29, 0.717) is 12.3 Å². The van der Waals surface area contributed by atoms with Crippen LogP contribution in [0.25, 0.3) is 0 Å². The Kier molecular flexibility index (Phi) is 4.08. The van der Waals surface area contributed by atoms with Gasteiger partial charge in [-0.05, 0) is 36.7 Å². The number of thiophene rings is 1. The van der Waals surface area contributed by atoms with Crippen LogP contribution in [-0.4, -0.2) is 15.5 Å². The lowest BCUT2D eigenvalue weighted by Crippen LogP contribution is -2.19. The molecule has 102 valence electrons. The molecular formula is C12H14N2O3S2. The van der Waals surface area contributed by atoms with Crippen LogP contribution in [0.1, 0.15) is 4.88 Å². The number of nitrogens with two attached hydrogens (primary N) is 1. The zero-order valence-electron chi connectivity index (χ0n) is 10.3. The van der Waals surface area contributed by atoms with Crippen LogP contribution in [0.4, 0.5) is 5.69 Å². The molecule has 0 spiro atoms. The van der Waals surface area contributed by atoms with Crippen LogP contribution in [0.2, 0.25) is 0 Å². The molecule has 0 saturated carbocycles. The lowest BCUT2D eigenvalue weighted by molar-refractivity contribution is 0.301. The molecule has 0 aliphatic rings. The number of benzene rings is 1. The summed E-state index contributed by atoms with van der Waals surface area (Å²) in [6, 6.07) is 8.40. The SMILES string of the molecule is CNS(=O)(=O)c1cc(N)ccc1OCc1cccs1. The van der Waals surface area contributed by atoms with E-state index < -0.39 is 10.0 Å². The number of nitrogen functional groups attached to an aromatic ring is 1. The third-order valence-electron chi connectivity index (χ3n) is 2.48. The molecule has 1 aromatic carbocycles. The monoisotopic (exact) mass is 298 g/mol. The van der Waals surface area contributed by atoms with Gasteiger partial charge in [-0.15, -0.1) is 11.3 Å². The van der Waals surface area contributed by atoms with Crippen molar-refractivity contribution in [2.24, 2.45) is 0 Å². The van der Waals surface area contributed by atoms with Gasteiger partial charge < -0.3 is 10.5 Å². The molecule has 3 N–H and O–H groups in total. The second kappa shape index (κ2) is 5.60. The Bertz CT molecular complexity index is 652. The minimum atomic E-state index is -3.59. The van der Waals surface area contributed by atoms with Crippen molar-refractivity contribution in [3.63, 3.8) is 0 Å². The zero-order valence-corrected chi connectivity index (χ0v) is 11.9. The standard InChI is InChI=1S/C12H14N2O3S2/c1-14-19(15,16)12-7-9(13)4-5-11(12)17-8-10-3-2-6-18-10/h2-7,14H,8,13H2,1H3. The molecular weight excluding hydrogens is 284 g/mol. The maximum absolute atomic E-state index is 11.9. The minimum Gasteiger partial charge on any atom is -0.487 e. The topological polar surface area (TPSA) is 81.4 Å². The van der Waals surface area contributed by atoms with E-state index in [0.717, 1.165) is 4.88 Å². The fraction of sp³-hybridized carbons (Fsp3) is 0.167. The number of anilines is 1. The van der Waals surface area contributed by atoms with Gasteiger partial charge in [0.25, 0.3) is 0 Å². The van der Waals surface area contributed by atoms with Crippen molar-refractivity contribution in [1.29, 1.82) is 0 Å². The Balaban J connectivity index is 2.30. The van der Waals surface area contributed by atoms with Crippen LogP contribution in [-0.2, 0) is 16.6 Å². The lowest BCUT2D eigenvalue weighted by atomic mass is 10.3. The van der Waals surface area contributed by atoms with Crippen molar-refractivity contribution >= 4 is 27.0 Å². The average Bonchev–Trinajstić information content (AvgIpc) is 2.90. The van der Waals surface area contributed by atoms with Crippen LogP contribution < -0.4 is 15.2 Å². The molecule has 1 aromatic heterocycles. The van der Waals surface area contributed by atoms with Gasteiger partial charge in [0.1, 0.15) is 17.3 Å². The third kappa shape index (κ3) is 3.25. The van der Waals surface area contributed by atoms with Gasteiger partial charge in [-0.2, -0.15) is 0 Å². The van der Waals surface area contributed by atoms with Crippen molar-refractivity contribution in [1.82, 2.24) is 4.72 Å². The molecule has 7 heteroatoms. The number of hydrogen-bond acceptors (Lipinski definition) is 5. The molecule has 2 aromatic rings. The maximum Gasteiger partial charge on any atom is 0.244 e. The molecule has 0 radical (unpaired) electrons. The Morgan fingerprint density at radius 1 is 1.37 bits per heavy atom. The predicted molar refractivity (Wildman–Crippen MR) is 75.8 cm³/mol. The van der Waals surface area contributed by atoms with Gasteiger partial charge in [0.2, 0.25) is 10.0 Å². The first-order valence-electron chi connectivity index (χ1n) is 5.51. The molecule has 0 aliphatic carbocycles. The fourth-order valence-electron chi connectivity index (χ4n) is 1.51. The van der Waals surface area contributed by atoms with Gasteiger partial charge in [0, 0.05) is 10.6 Å². The molecule has 0 saturated heterocycles. The first kappa shape index (κ1) is 13.9. The highest BCUT2D eigenvalue weighted by Gasteiger charge is 2.18. The van der Waals surface area contributed by atoms with Gasteiger partial charge in [-0.25, -0.2) is 13.1 Å². The zero-order chi connectivity index (χ0) is 13.9. The summed E-state index contributed by atoms with van der Waals surface area (Å²) in [6.07, 6.45) is 0. The van der Waals surface area contributed by atoms with E-state index in [1.54, 1.807) is 23.5 Å². The number of hydrogen-bond donors (Lipinski definition) is 2. The summed E-state index contributed by atoms with van der Waals surface area (Å²) >= 11 is 1.55. The van der Waals surface area contributed by atoms with Crippen molar-refractivity contribution in [2.45, 2.75) is 11.5 Å². The molecule has 2 rings (SSSR count). The van der Waals surface area contributed by atoms with Crippen LogP contribution >= 0.6 is 11.3 Å². The number of ether oxygens (including phenoxy) is 1. The molecule has 0 unspecified atom stereocenters. The summed E-state index contributed by atoms with van der Waals surface area (Å²) in [5.41, 5.74) is 6.00. The van der Waals surface area contributed by atoms with E-state index in [4.69, 9.17) is 10.5 Å². The van der Waals surface area contributed by atoms with E-state index in [1.807, 2.05) is 17.5 Å². The Morgan fingerprint density at radius 3 is 2.79 bits per heavy atom. The lowest BCUT2D eigenvalue weighted by Gasteiger charge is -2.11. The van der Waals surface area contributed by atoms with Crippen LogP contribution in [0.3, 0.4) is 0 Å². The summed E-state index contributed by atoms with van der Waals surface area (Å²) in [5.74, 6) is 0.289. The van der Waals surface area contributed by atoms with E-state index in [1.165, 1.54) is 13.1 Å². The highest BCUT2D eigenvalue weighted by molar-refractivity contribution is 7.89. The summed E-state index contributed by atoms with van der Waals surface area (Å²) in [5, 5.41) is 1.94. The average molecular weight is 298 g/mol. The summed E-state index contributed by atoms with van der Waals surface area (Å²) in [4.78, 5) is 1.07. The molecule has 0 bridgehead atoms. The van der Waals surface area contributed by atoms with Crippen molar-refractivity contribution in [3.05, 3.63) is 40.6 Å². The molecule has 0 atom stereocenters. The van der Waals surface area contributed by atoms with Crippen molar-refractivity contribution in [3.8, 4) is 5.75 Å². The van der Waals surface area contributed by atoms with Crippen molar-refractivity contribution in [2.75, 3.05) is 12.8 Å². The normalized spacial score (nSPS) is 11.4. The molecule has 0 aliphatic heterocycles. The number of rotatable bonds is 5. The van der Waals surface area contributed by atoms with Crippen LogP contribution in [0, 0.1) is 0 Å². The quantitative estimate of drug-likeness (QED) is 0.825. The maximum atomic E-state index is 11.9. The van der Waals surface area contributed by atoms with Crippen molar-refractivity contribution < 1.29 is 13.2 Å². The van der Waals surface area contributed by atoms with E-state index in [2.05, 4.69) is 4.72 Å². The highest BCUT2D eigenvalue weighted by Crippen LogP contribution is 2.27. The van der Waals surface area contributed by atoms with Gasteiger partial charge in [0.05, 0.1) is 0 Å². The van der Waals surface area contributed by atoms with E-state index in [9.17, 15) is 8.42 Å². The summed E-state index contributed by atoms with van der Waals surface area (Å²) in [6.45, 7) is 0.327. The Morgan fingerprint density at radius 2 is 2.16 bits per heavy atom. The molecule has 1 heterocycles. The van der Waals surface area contributed by atoms with Gasteiger partial charge >= 0.3 is 0 Å². The molecule has 0 fully saturated rings. The first-order chi connectivity index (χ1) is 9.03. The molecule has 5 nitrogen and oxygen atoms in total. The second-order valence-corrected chi connectivity index (χ2v) is 6.67. The minimum absolute atomic E-state index is 0.0477. The summed E-state index contributed by atoms with van der Waals surface area (Å²) in [7, 11) is -2.25. The van der Waals surface area contributed by atoms with E-state index in [-0.39, 0.29) is 10.6 Å². The van der Waals surface area contributed by atoms with Crippen LogP contribution in [0.5, 0.6) is 5.75 Å². The van der Waals surface area contributed by atoms with E-state index >= 15 is 0 Å². The fourth-order valence-corrected chi connectivity index (χ4v) is 3.03. The second-order valence-electron chi connectivity index (χ2n) is 3.78. The first-order valence-corrected chi connectivity index (χ1v) is 7.87. The largest absolute Gasteiger partial charge is 0.487 e. The Labute approximate surface area is 116 Å². The third-order valence-corrected chi connectivity index (χ3v) is 4.76. The predicted octanol–water partition coefficient (Wildman–Crippen LogP) is 1.82. The van der Waals surface area contributed by atoms with Gasteiger partial charge in [0.15, 0.2) is 0 Å². The molecule has 0 amide bonds.